The molecule has 0 unspecified atom stereocenters. The second kappa shape index (κ2) is 11.1. The van der Waals surface area contributed by atoms with Crippen LogP contribution in [0.2, 0.25) is 0 Å². The summed E-state index contributed by atoms with van der Waals surface area (Å²) in [6.07, 6.45) is 0.622. The fraction of sp³-hybridized carbons (Fsp3) is 0.400. The van der Waals surface area contributed by atoms with Gasteiger partial charge in [-0.25, -0.2) is 8.78 Å². The monoisotopic (exact) mass is 472 g/mol. The Morgan fingerprint density at radius 3 is 2.50 bits per heavy atom. The number of hydrazine groups is 1. The van der Waals surface area contributed by atoms with Crippen molar-refractivity contribution in [1.29, 1.82) is 0 Å². The van der Waals surface area contributed by atoms with Crippen LogP contribution in [0.15, 0.2) is 48.5 Å². The summed E-state index contributed by atoms with van der Waals surface area (Å²) in [5.41, 5.74) is 3.62. The van der Waals surface area contributed by atoms with Crippen molar-refractivity contribution in [1.82, 2.24) is 15.6 Å². The lowest BCUT2D eigenvalue weighted by Crippen LogP contribution is -2.54. The first-order valence-corrected chi connectivity index (χ1v) is 11.3. The number of halogens is 2. The number of carbonyl (C=O) groups excluding carboxylic acids is 3. The highest BCUT2D eigenvalue weighted by Gasteiger charge is 2.34. The van der Waals surface area contributed by atoms with Gasteiger partial charge in [-0.1, -0.05) is 44.2 Å². The van der Waals surface area contributed by atoms with Gasteiger partial charge in [-0.05, 0) is 30.5 Å². The maximum absolute atomic E-state index is 14.1. The largest absolute Gasteiger partial charge is 0.344 e. The zero-order valence-electron chi connectivity index (χ0n) is 19.6. The highest BCUT2D eigenvalue weighted by Crippen LogP contribution is 2.25. The number of likely N-dealkylation sites (tertiary alicyclic amines) is 1. The quantitative estimate of drug-likeness (QED) is 0.550. The fourth-order valence-corrected chi connectivity index (χ4v) is 4.01. The van der Waals surface area contributed by atoms with Crippen LogP contribution >= 0.6 is 0 Å². The Morgan fingerprint density at radius 1 is 1.12 bits per heavy atom. The number of para-hydroxylation sites is 1. The lowest BCUT2D eigenvalue weighted by molar-refractivity contribution is -0.132. The second-order valence-corrected chi connectivity index (χ2v) is 8.79. The fourth-order valence-electron chi connectivity index (χ4n) is 4.01. The third-order valence-corrected chi connectivity index (χ3v) is 5.93. The topological polar surface area (TPSA) is 81.8 Å². The summed E-state index contributed by atoms with van der Waals surface area (Å²) in [6, 6.07) is 11.8. The van der Waals surface area contributed by atoms with E-state index in [1.54, 1.807) is 12.1 Å². The molecule has 0 radical (unpaired) electrons. The summed E-state index contributed by atoms with van der Waals surface area (Å²) in [5.74, 6) is -3.13. The average Bonchev–Trinajstić information content (AvgIpc) is 3.14. The first kappa shape index (κ1) is 25.1. The molecule has 34 heavy (non-hydrogen) atoms. The SMILES string of the molecule is CC(C)[C@@H](NC(=O)C[C@H]1CCC(=O)N1Cc1cccc(F)c1F)C(=O)NN(C)c1ccccc1. The summed E-state index contributed by atoms with van der Waals surface area (Å²) in [4.78, 5) is 39.5. The minimum absolute atomic E-state index is 0.0340. The number of carbonyl (C=O) groups is 3. The van der Waals surface area contributed by atoms with Gasteiger partial charge in [0.25, 0.3) is 5.91 Å². The van der Waals surface area contributed by atoms with Crippen LogP contribution < -0.4 is 15.8 Å². The third-order valence-electron chi connectivity index (χ3n) is 5.93. The Hall–Kier alpha value is -3.49. The molecule has 3 rings (SSSR count). The molecular formula is C25H30F2N4O3. The Bertz CT molecular complexity index is 1030. The van der Waals surface area contributed by atoms with Crippen molar-refractivity contribution in [2.75, 3.05) is 12.1 Å². The van der Waals surface area contributed by atoms with E-state index < -0.39 is 23.7 Å². The maximum atomic E-state index is 14.1. The van der Waals surface area contributed by atoms with Crippen LogP contribution in [0.5, 0.6) is 0 Å². The zero-order chi connectivity index (χ0) is 24.8. The summed E-state index contributed by atoms with van der Waals surface area (Å²) in [6.45, 7) is 3.53. The van der Waals surface area contributed by atoms with Crippen molar-refractivity contribution in [3.05, 3.63) is 65.7 Å². The van der Waals surface area contributed by atoms with E-state index in [2.05, 4.69) is 10.7 Å². The third kappa shape index (κ3) is 6.09. The van der Waals surface area contributed by atoms with Crippen LogP contribution in [-0.4, -0.2) is 41.8 Å². The number of amides is 3. The molecule has 2 aromatic carbocycles. The van der Waals surface area contributed by atoms with Crippen LogP contribution in [0.1, 0.15) is 38.7 Å². The molecule has 1 fully saturated rings. The predicted octanol–water partition coefficient (Wildman–Crippen LogP) is 3.15. The normalized spacial score (nSPS) is 16.5. The van der Waals surface area contributed by atoms with E-state index in [-0.39, 0.29) is 48.6 Å². The minimum atomic E-state index is -0.996. The molecular weight excluding hydrogens is 442 g/mol. The lowest BCUT2D eigenvalue weighted by atomic mass is 10.0. The lowest BCUT2D eigenvalue weighted by Gasteiger charge is -2.28. The molecule has 7 nitrogen and oxygen atoms in total. The highest BCUT2D eigenvalue weighted by atomic mass is 19.2. The van der Waals surface area contributed by atoms with Crippen molar-refractivity contribution in [3.63, 3.8) is 0 Å². The Kier molecular flexibility index (Phi) is 8.20. The molecule has 1 heterocycles. The van der Waals surface area contributed by atoms with E-state index in [1.165, 1.54) is 17.0 Å². The average molecular weight is 473 g/mol. The van der Waals surface area contributed by atoms with Crippen molar-refractivity contribution in [3.8, 4) is 0 Å². The van der Waals surface area contributed by atoms with E-state index in [0.29, 0.717) is 6.42 Å². The van der Waals surface area contributed by atoms with Crippen molar-refractivity contribution >= 4 is 23.4 Å². The van der Waals surface area contributed by atoms with E-state index in [4.69, 9.17) is 0 Å². The minimum Gasteiger partial charge on any atom is -0.344 e. The summed E-state index contributed by atoms with van der Waals surface area (Å²) < 4.78 is 27.7. The molecule has 1 aliphatic heterocycles. The van der Waals surface area contributed by atoms with Gasteiger partial charge >= 0.3 is 0 Å². The van der Waals surface area contributed by atoms with E-state index in [1.807, 2.05) is 44.2 Å². The molecule has 1 saturated heterocycles. The molecule has 0 saturated carbocycles. The van der Waals surface area contributed by atoms with Gasteiger partial charge in [-0.15, -0.1) is 0 Å². The Labute approximate surface area is 198 Å². The van der Waals surface area contributed by atoms with E-state index in [0.717, 1.165) is 11.8 Å². The van der Waals surface area contributed by atoms with Gasteiger partial charge in [0, 0.05) is 38.0 Å². The van der Waals surface area contributed by atoms with Crippen LogP contribution in [-0.2, 0) is 20.9 Å². The van der Waals surface area contributed by atoms with Gasteiger partial charge in [0.2, 0.25) is 11.8 Å². The van der Waals surface area contributed by atoms with Gasteiger partial charge in [0.1, 0.15) is 6.04 Å². The second-order valence-electron chi connectivity index (χ2n) is 8.79. The Morgan fingerprint density at radius 2 is 1.82 bits per heavy atom. The smallest absolute Gasteiger partial charge is 0.261 e. The molecule has 1 aliphatic rings. The predicted molar refractivity (Wildman–Crippen MR) is 124 cm³/mol. The van der Waals surface area contributed by atoms with Crippen molar-refractivity contribution < 1.29 is 23.2 Å². The van der Waals surface area contributed by atoms with Crippen LogP contribution in [0.4, 0.5) is 14.5 Å². The molecule has 0 spiro atoms. The van der Waals surface area contributed by atoms with Crippen LogP contribution in [0, 0.1) is 17.6 Å². The number of benzene rings is 2. The number of nitrogens with zero attached hydrogens (tertiary/aromatic N) is 2. The highest BCUT2D eigenvalue weighted by molar-refractivity contribution is 5.89. The number of nitrogens with one attached hydrogen (secondary N) is 2. The molecule has 2 atom stereocenters. The van der Waals surface area contributed by atoms with Gasteiger partial charge in [0.15, 0.2) is 11.6 Å². The molecule has 182 valence electrons. The number of anilines is 1. The van der Waals surface area contributed by atoms with Crippen LogP contribution in [0.25, 0.3) is 0 Å². The molecule has 2 N–H and O–H groups in total. The molecule has 0 aromatic heterocycles. The number of hydrogen-bond donors (Lipinski definition) is 2. The summed E-state index contributed by atoms with van der Waals surface area (Å²) in [5, 5.41) is 4.35. The summed E-state index contributed by atoms with van der Waals surface area (Å²) in [7, 11) is 1.71. The summed E-state index contributed by atoms with van der Waals surface area (Å²) >= 11 is 0. The van der Waals surface area contributed by atoms with Crippen molar-refractivity contribution in [2.45, 2.75) is 51.7 Å². The maximum Gasteiger partial charge on any atom is 0.261 e. The first-order valence-electron chi connectivity index (χ1n) is 11.3. The Balaban J connectivity index is 1.62. The molecule has 0 aliphatic carbocycles. The van der Waals surface area contributed by atoms with Crippen LogP contribution in [0.3, 0.4) is 0 Å². The van der Waals surface area contributed by atoms with Gasteiger partial charge in [0.05, 0.1) is 5.69 Å². The number of rotatable bonds is 9. The van der Waals surface area contributed by atoms with E-state index in [9.17, 15) is 23.2 Å². The van der Waals surface area contributed by atoms with Crippen molar-refractivity contribution in [2.24, 2.45) is 5.92 Å². The first-order chi connectivity index (χ1) is 16.2. The van der Waals surface area contributed by atoms with Gasteiger partial charge in [-0.2, -0.15) is 0 Å². The standard InChI is InChI=1S/C25H30F2N4O3/c1-16(2)24(25(34)29-30(3)18-9-5-4-6-10-18)28-21(32)14-19-12-13-22(33)31(19)15-17-8-7-11-20(26)23(17)27/h4-11,16,19,24H,12-15H2,1-3H3,(H,28,32)(H,29,34)/t19-,24-/m1/s1. The van der Waals surface area contributed by atoms with Gasteiger partial charge < -0.3 is 10.2 Å². The van der Waals surface area contributed by atoms with Gasteiger partial charge in [-0.3, -0.25) is 24.8 Å². The molecule has 2 aromatic rings. The molecule has 3 amide bonds. The molecule has 9 heteroatoms. The van der Waals surface area contributed by atoms with E-state index >= 15 is 0 Å². The number of hydrogen-bond acceptors (Lipinski definition) is 4. The molecule has 0 bridgehead atoms. The zero-order valence-corrected chi connectivity index (χ0v) is 19.6.